The van der Waals surface area contributed by atoms with E-state index in [1.807, 2.05) is 24.3 Å². The molecule has 78 valence electrons. The fraction of sp³-hybridized carbons (Fsp3) is 0. The molecule has 1 atom stereocenters. The second-order valence-electron chi connectivity index (χ2n) is 2.75. The van der Waals surface area contributed by atoms with E-state index in [2.05, 4.69) is 20.9 Å². The van der Waals surface area contributed by atoms with Crippen LogP contribution in [0.2, 0.25) is 0 Å². The van der Waals surface area contributed by atoms with Gasteiger partial charge in [0.1, 0.15) is 5.01 Å². The molecule has 0 aliphatic heterocycles. The first kappa shape index (κ1) is 10.9. The summed E-state index contributed by atoms with van der Waals surface area (Å²) in [5, 5.41) is 2.54. The Morgan fingerprint density at radius 3 is 2.87 bits per heavy atom. The van der Waals surface area contributed by atoms with Gasteiger partial charge in [-0.2, -0.15) is 0 Å². The Balaban J connectivity index is 2.41. The molecule has 6 heteroatoms. The highest BCUT2D eigenvalue weighted by molar-refractivity contribution is 9.10. The maximum Gasteiger partial charge on any atom is 0.206 e. The Kier molecular flexibility index (Phi) is 3.30. The Morgan fingerprint density at radius 1 is 1.47 bits per heavy atom. The van der Waals surface area contributed by atoms with Crippen LogP contribution in [0.1, 0.15) is 0 Å². The summed E-state index contributed by atoms with van der Waals surface area (Å²) >= 11 is 2.72. The monoisotopic (exact) mass is 303 g/mol. The predicted molar refractivity (Wildman–Crippen MR) is 64.3 cm³/mol. The van der Waals surface area contributed by atoms with Crippen LogP contribution < -0.4 is 0 Å². The standard InChI is InChI=1S/C9H6BrNO2S2/c10-7-3-1-2-6(4-7)9-11-8(5-14-9)15(12)13/h1-5H,(H,12,13). The van der Waals surface area contributed by atoms with Crippen LogP contribution in [0.25, 0.3) is 10.6 Å². The van der Waals surface area contributed by atoms with E-state index in [1.54, 1.807) is 5.38 Å². The summed E-state index contributed by atoms with van der Waals surface area (Å²) in [7, 11) is 0. The number of hydrogen-bond donors (Lipinski definition) is 1. The zero-order valence-electron chi connectivity index (χ0n) is 7.38. The molecule has 2 aromatic rings. The molecule has 0 spiro atoms. The molecule has 1 N–H and O–H groups in total. The molecule has 0 bridgehead atoms. The smallest absolute Gasteiger partial charge is 0.206 e. The average molecular weight is 304 g/mol. The molecule has 0 saturated carbocycles. The van der Waals surface area contributed by atoms with Gasteiger partial charge in [0, 0.05) is 15.4 Å². The van der Waals surface area contributed by atoms with Gasteiger partial charge in [0.15, 0.2) is 5.03 Å². The summed E-state index contributed by atoms with van der Waals surface area (Å²) in [6.45, 7) is 0. The van der Waals surface area contributed by atoms with Gasteiger partial charge in [-0.25, -0.2) is 9.19 Å². The summed E-state index contributed by atoms with van der Waals surface area (Å²) in [6.07, 6.45) is 0. The largest absolute Gasteiger partial charge is 0.301 e. The Morgan fingerprint density at radius 2 is 2.27 bits per heavy atom. The third kappa shape index (κ3) is 2.52. The van der Waals surface area contributed by atoms with Crippen LogP contribution in [0.15, 0.2) is 39.1 Å². The average Bonchev–Trinajstić information content (AvgIpc) is 2.66. The topological polar surface area (TPSA) is 50.2 Å². The van der Waals surface area contributed by atoms with Gasteiger partial charge in [0.2, 0.25) is 11.1 Å². The predicted octanol–water partition coefficient (Wildman–Crippen LogP) is 3.15. The minimum Gasteiger partial charge on any atom is -0.301 e. The molecule has 1 aromatic carbocycles. The van der Waals surface area contributed by atoms with Crippen molar-refractivity contribution in [3.05, 3.63) is 34.1 Å². The molecule has 0 amide bonds. The minimum absolute atomic E-state index is 0.204. The van der Waals surface area contributed by atoms with Crippen LogP contribution in [0.4, 0.5) is 0 Å². The molecule has 15 heavy (non-hydrogen) atoms. The van der Waals surface area contributed by atoms with E-state index in [0.717, 1.165) is 15.0 Å². The first-order valence-corrected chi connectivity index (χ1v) is 6.77. The van der Waals surface area contributed by atoms with Crippen molar-refractivity contribution in [3.8, 4) is 10.6 Å². The van der Waals surface area contributed by atoms with Gasteiger partial charge >= 0.3 is 0 Å². The number of aromatic nitrogens is 1. The normalized spacial score (nSPS) is 12.7. The van der Waals surface area contributed by atoms with E-state index in [9.17, 15) is 4.21 Å². The van der Waals surface area contributed by atoms with Gasteiger partial charge in [-0.05, 0) is 12.1 Å². The highest BCUT2D eigenvalue weighted by Gasteiger charge is 2.08. The van der Waals surface area contributed by atoms with E-state index < -0.39 is 11.1 Å². The SMILES string of the molecule is O=S(O)c1csc(-c2cccc(Br)c2)n1. The van der Waals surface area contributed by atoms with Crippen molar-refractivity contribution >= 4 is 38.3 Å². The summed E-state index contributed by atoms with van der Waals surface area (Å²) in [4.78, 5) is 4.07. The lowest BCUT2D eigenvalue weighted by atomic mass is 10.2. The fourth-order valence-electron chi connectivity index (χ4n) is 1.09. The first-order valence-electron chi connectivity index (χ1n) is 3.99. The second kappa shape index (κ2) is 4.52. The molecule has 0 fully saturated rings. The molecule has 0 saturated heterocycles. The van der Waals surface area contributed by atoms with E-state index in [-0.39, 0.29) is 5.03 Å². The lowest BCUT2D eigenvalue weighted by molar-refractivity contribution is 0.561. The van der Waals surface area contributed by atoms with Crippen LogP contribution in [-0.2, 0) is 11.1 Å². The van der Waals surface area contributed by atoms with Gasteiger partial charge in [0.25, 0.3) is 0 Å². The van der Waals surface area contributed by atoms with Gasteiger partial charge < -0.3 is 4.55 Å². The molecule has 1 heterocycles. The van der Waals surface area contributed by atoms with Gasteiger partial charge in [0.05, 0.1) is 0 Å². The van der Waals surface area contributed by atoms with Gasteiger partial charge in [-0.1, -0.05) is 28.1 Å². The van der Waals surface area contributed by atoms with Crippen molar-refractivity contribution in [1.82, 2.24) is 4.98 Å². The number of thiazole rings is 1. The third-order valence-electron chi connectivity index (χ3n) is 1.73. The van der Waals surface area contributed by atoms with Crippen molar-refractivity contribution < 1.29 is 8.76 Å². The summed E-state index contributed by atoms with van der Waals surface area (Å²) < 4.78 is 20.6. The summed E-state index contributed by atoms with van der Waals surface area (Å²) in [5.74, 6) is 0. The number of hydrogen-bond acceptors (Lipinski definition) is 3. The molecule has 1 aromatic heterocycles. The number of benzene rings is 1. The quantitative estimate of drug-likeness (QED) is 0.867. The molecule has 0 aliphatic carbocycles. The molecule has 2 rings (SSSR count). The van der Waals surface area contributed by atoms with E-state index in [1.165, 1.54) is 11.3 Å². The molecule has 0 aliphatic rings. The van der Waals surface area contributed by atoms with Gasteiger partial charge in [-0.3, -0.25) is 0 Å². The first-order chi connectivity index (χ1) is 7.16. The minimum atomic E-state index is -2.00. The number of nitrogens with zero attached hydrogens (tertiary/aromatic N) is 1. The summed E-state index contributed by atoms with van der Waals surface area (Å²) in [5.41, 5.74) is 0.936. The fourth-order valence-corrected chi connectivity index (χ4v) is 2.87. The van der Waals surface area contributed by atoms with Crippen LogP contribution in [0.5, 0.6) is 0 Å². The van der Waals surface area contributed by atoms with E-state index in [4.69, 9.17) is 4.55 Å². The lowest BCUT2D eigenvalue weighted by Gasteiger charge is -1.95. The van der Waals surface area contributed by atoms with Gasteiger partial charge in [-0.15, -0.1) is 11.3 Å². The molecule has 3 nitrogen and oxygen atoms in total. The number of halogens is 1. The highest BCUT2D eigenvalue weighted by Crippen LogP contribution is 2.26. The van der Waals surface area contributed by atoms with Crippen LogP contribution in [0, 0.1) is 0 Å². The zero-order chi connectivity index (χ0) is 10.8. The third-order valence-corrected chi connectivity index (χ3v) is 3.83. The Hall–Kier alpha value is -0.560. The van der Waals surface area contributed by atoms with Crippen LogP contribution in [0.3, 0.4) is 0 Å². The second-order valence-corrected chi connectivity index (χ2v) is 5.44. The van der Waals surface area contributed by atoms with Crippen molar-refractivity contribution in [2.75, 3.05) is 0 Å². The van der Waals surface area contributed by atoms with Crippen LogP contribution >= 0.6 is 27.3 Å². The maximum absolute atomic E-state index is 10.8. The Labute approximate surface area is 102 Å². The van der Waals surface area contributed by atoms with E-state index >= 15 is 0 Å². The summed E-state index contributed by atoms with van der Waals surface area (Å²) in [6, 6.07) is 7.65. The highest BCUT2D eigenvalue weighted by atomic mass is 79.9. The van der Waals surface area contributed by atoms with Crippen LogP contribution in [-0.4, -0.2) is 13.7 Å². The van der Waals surface area contributed by atoms with Crippen molar-refractivity contribution in [2.45, 2.75) is 5.03 Å². The van der Waals surface area contributed by atoms with Crippen molar-refractivity contribution in [2.24, 2.45) is 0 Å². The zero-order valence-corrected chi connectivity index (χ0v) is 10.6. The molecular formula is C9H6BrNO2S2. The molecule has 1 unspecified atom stereocenters. The molecule has 0 radical (unpaired) electrons. The molecular weight excluding hydrogens is 298 g/mol. The lowest BCUT2D eigenvalue weighted by Crippen LogP contribution is -1.87. The van der Waals surface area contributed by atoms with Crippen molar-refractivity contribution in [3.63, 3.8) is 0 Å². The maximum atomic E-state index is 10.8. The Bertz CT molecular complexity index is 512. The number of rotatable bonds is 2. The van der Waals surface area contributed by atoms with E-state index in [0.29, 0.717) is 0 Å². The van der Waals surface area contributed by atoms with Crippen molar-refractivity contribution in [1.29, 1.82) is 0 Å².